The van der Waals surface area contributed by atoms with E-state index in [4.69, 9.17) is 4.98 Å². The van der Waals surface area contributed by atoms with Gasteiger partial charge in [0.15, 0.2) is 0 Å². The molecule has 6 nitrogen and oxygen atoms in total. The zero-order chi connectivity index (χ0) is 24.9. The summed E-state index contributed by atoms with van der Waals surface area (Å²) in [5, 5.41) is 6.19. The molecule has 2 saturated heterocycles. The molecule has 1 aromatic heterocycles. The molecule has 6 rings (SSSR count). The third-order valence-electron chi connectivity index (χ3n) is 8.63. The SMILES string of the molecule is CC1CCc2ncnc(N3CCN(C(=O)C(c4cccc5ccccc45)C4CCC(C)(C)N4)CC3)c21. The lowest BCUT2D eigenvalue weighted by atomic mass is 9.85. The lowest BCUT2D eigenvalue weighted by Gasteiger charge is -2.39. The van der Waals surface area contributed by atoms with Crippen LogP contribution in [0.2, 0.25) is 0 Å². The van der Waals surface area contributed by atoms with Gasteiger partial charge >= 0.3 is 0 Å². The number of rotatable bonds is 4. The van der Waals surface area contributed by atoms with Gasteiger partial charge in [0.2, 0.25) is 5.91 Å². The van der Waals surface area contributed by atoms with Crippen molar-refractivity contribution < 1.29 is 4.79 Å². The standard InChI is InChI=1S/C30H37N5O/c1-20-11-12-24-26(20)28(32-19-31-24)34-15-17-35(18-16-34)29(36)27(25-13-14-30(2,3)33-25)23-10-6-8-21-7-4-5-9-22(21)23/h4-10,19-20,25,27,33H,11-18H2,1-3H3. The van der Waals surface area contributed by atoms with Gasteiger partial charge in [-0.3, -0.25) is 4.79 Å². The van der Waals surface area contributed by atoms with Gasteiger partial charge in [-0.05, 0) is 61.8 Å². The summed E-state index contributed by atoms with van der Waals surface area (Å²) in [7, 11) is 0. The molecule has 3 heterocycles. The average molecular weight is 484 g/mol. The number of fused-ring (bicyclic) bond motifs is 2. The van der Waals surface area contributed by atoms with Crippen LogP contribution in [0.4, 0.5) is 5.82 Å². The predicted octanol–water partition coefficient (Wildman–Crippen LogP) is 4.64. The number of benzene rings is 2. The van der Waals surface area contributed by atoms with Crippen molar-refractivity contribution in [1.29, 1.82) is 0 Å². The number of carbonyl (C=O) groups excluding carboxylic acids is 1. The molecule has 3 aliphatic rings. The smallest absolute Gasteiger partial charge is 0.231 e. The van der Waals surface area contributed by atoms with E-state index >= 15 is 0 Å². The van der Waals surface area contributed by atoms with E-state index in [0.717, 1.165) is 63.2 Å². The number of nitrogens with one attached hydrogen (secondary N) is 1. The van der Waals surface area contributed by atoms with Crippen LogP contribution >= 0.6 is 0 Å². The summed E-state index contributed by atoms with van der Waals surface area (Å²) in [6.45, 7) is 9.85. The Bertz CT molecular complexity index is 1270. The van der Waals surface area contributed by atoms with Crippen molar-refractivity contribution in [3.63, 3.8) is 0 Å². The number of hydrogen-bond acceptors (Lipinski definition) is 5. The molecule has 1 aliphatic carbocycles. The van der Waals surface area contributed by atoms with Crippen LogP contribution in [0, 0.1) is 0 Å². The van der Waals surface area contributed by atoms with Crippen LogP contribution in [0.3, 0.4) is 0 Å². The topological polar surface area (TPSA) is 61.4 Å². The number of carbonyl (C=O) groups is 1. The summed E-state index contributed by atoms with van der Waals surface area (Å²) < 4.78 is 0. The van der Waals surface area contributed by atoms with Crippen LogP contribution in [0.25, 0.3) is 10.8 Å². The van der Waals surface area contributed by atoms with E-state index in [9.17, 15) is 4.79 Å². The molecule has 0 saturated carbocycles. The number of amides is 1. The van der Waals surface area contributed by atoms with Gasteiger partial charge in [-0.1, -0.05) is 49.4 Å². The Balaban J connectivity index is 1.27. The minimum Gasteiger partial charge on any atom is -0.353 e. The number of anilines is 1. The van der Waals surface area contributed by atoms with E-state index in [1.807, 2.05) is 0 Å². The van der Waals surface area contributed by atoms with Gasteiger partial charge < -0.3 is 15.1 Å². The van der Waals surface area contributed by atoms with Crippen LogP contribution in [0.15, 0.2) is 48.8 Å². The van der Waals surface area contributed by atoms with Crippen LogP contribution in [0.1, 0.15) is 68.7 Å². The first kappa shape index (κ1) is 23.4. The Morgan fingerprint density at radius 3 is 2.58 bits per heavy atom. The van der Waals surface area contributed by atoms with Crippen molar-refractivity contribution in [1.82, 2.24) is 20.2 Å². The highest BCUT2D eigenvalue weighted by Gasteiger charge is 2.41. The first-order valence-electron chi connectivity index (χ1n) is 13.5. The summed E-state index contributed by atoms with van der Waals surface area (Å²) in [6.07, 6.45) is 6.00. The quantitative estimate of drug-likeness (QED) is 0.586. The van der Waals surface area contributed by atoms with E-state index in [2.05, 4.69) is 83.3 Å². The van der Waals surface area contributed by atoms with Crippen molar-refractivity contribution in [3.05, 3.63) is 65.6 Å². The van der Waals surface area contributed by atoms with Crippen LogP contribution in [-0.2, 0) is 11.2 Å². The van der Waals surface area contributed by atoms with Crippen LogP contribution in [-0.4, -0.2) is 58.5 Å². The third kappa shape index (κ3) is 4.15. The molecule has 0 radical (unpaired) electrons. The summed E-state index contributed by atoms with van der Waals surface area (Å²) >= 11 is 0. The summed E-state index contributed by atoms with van der Waals surface area (Å²) in [4.78, 5) is 28.0. The number of piperazine rings is 1. The molecular weight excluding hydrogens is 446 g/mol. The molecule has 36 heavy (non-hydrogen) atoms. The molecule has 188 valence electrons. The Hall–Kier alpha value is -2.99. The molecule has 1 amide bonds. The van der Waals surface area contributed by atoms with E-state index < -0.39 is 0 Å². The third-order valence-corrected chi connectivity index (χ3v) is 8.63. The highest BCUT2D eigenvalue weighted by atomic mass is 16.2. The van der Waals surface area contributed by atoms with Crippen molar-refractivity contribution >= 4 is 22.5 Å². The second kappa shape index (κ2) is 9.15. The summed E-state index contributed by atoms with van der Waals surface area (Å²) in [6, 6.07) is 15.0. The highest BCUT2D eigenvalue weighted by Crippen LogP contribution is 2.39. The van der Waals surface area contributed by atoms with Gasteiger partial charge in [0.25, 0.3) is 0 Å². The van der Waals surface area contributed by atoms with Crippen molar-refractivity contribution in [3.8, 4) is 0 Å². The summed E-state index contributed by atoms with van der Waals surface area (Å²) in [5.41, 5.74) is 3.73. The second-order valence-corrected chi connectivity index (χ2v) is 11.5. The maximum absolute atomic E-state index is 14.3. The predicted molar refractivity (Wildman–Crippen MR) is 144 cm³/mol. The molecular formula is C30H37N5O. The molecule has 2 aromatic carbocycles. The molecule has 1 N–H and O–H groups in total. The minimum absolute atomic E-state index is 0.0521. The van der Waals surface area contributed by atoms with Gasteiger partial charge in [-0.25, -0.2) is 9.97 Å². The van der Waals surface area contributed by atoms with Crippen molar-refractivity contribution in [2.45, 2.75) is 69.9 Å². The first-order chi connectivity index (χ1) is 17.4. The second-order valence-electron chi connectivity index (χ2n) is 11.5. The number of aryl methyl sites for hydroxylation is 1. The molecule has 6 heteroatoms. The Kier molecular flexibility index (Phi) is 5.95. The molecule has 0 spiro atoms. The maximum Gasteiger partial charge on any atom is 0.231 e. The number of nitrogens with zero attached hydrogens (tertiary/aromatic N) is 4. The Morgan fingerprint density at radius 1 is 1.03 bits per heavy atom. The van der Waals surface area contributed by atoms with Gasteiger partial charge in [-0.2, -0.15) is 0 Å². The number of aromatic nitrogens is 2. The van der Waals surface area contributed by atoms with Gasteiger partial charge in [0, 0.05) is 49.0 Å². The zero-order valence-corrected chi connectivity index (χ0v) is 21.7. The van der Waals surface area contributed by atoms with Crippen molar-refractivity contribution in [2.24, 2.45) is 0 Å². The fraction of sp³-hybridized carbons (Fsp3) is 0.500. The van der Waals surface area contributed by atoms with E-state index in [-0.39, 0.29) is 23.4 Å². The Morgan fingerprint density at radius 2 is 1.81 bits per heavy atom. The lowest BCUT2D eigenvalue weighted by molar-refractivity contribution is -0.133. The molecule has 3 unspecified atom stereocenters. The Labute approximate surface area is 214 Å². The molecule has 0 bridgehead atoms. The molecule has 3 aromatic rings. The maximum atomic E-state index is 14.3. The zero-order valence-electron chi connectivity index (χ0n) is 21.7. The lowest BCUT2D eigenvalue weighted by Crippen LogP contribution is -2.53. The highest BCUT2D eigenvalue weighted by molar-refractivity contribution is 5.93. The minimum atomic E-state index is -0.187. The normalized spacial score (nSPS) is 24.2. The van der Waals surface area contributed by atoms with E-state index in [1.54, 1.807) is 6.33 Å². The molecule has 2 fully saturated rings. The van der Waals surface area contributed by atoms with E-state index in [0.29, 0.717) is 5.92 Å². The fourth-order valence-electron chi connectivity index (χ4n) is 6.67. The van der Waals surface area contributed by atoms with Crippen molar-refractivity contribution in [2.75, 3.05) is 31.1 Å². The summed E-state index contributed by atoms with van der Waals surface area (Å²) in [5.74, 6) is 1.65. The average Bonchev–Trinajstić information content (AvgIpc) is 3.46. The number of hydrogen-bond donors (Lipinski definition) is 1. The van der Waals surface area contributed by atoms with E-state index in [1.165, 1.54) is 22.0 Å². The van der Waals surface area contributed by atoms with Gasteiger partial charge in [0.1, 0.15) is 12.1 Å². The van der Waals surface area contributed by atoms with Crippen LogP contribution < -0.4 is 10.2 Å². The van der Waals surface area contributed by atoms with Gasteiger partial charge in [-0.15, -0.1) is 0 Å². The molecule has 3 atom stereocenters. The first-order valence-corrected chi connectivity index (χ1v) is 13.5. The largest absolute Gasteiger partial charge is 0.353 e. The molecule has 2 aliphatic heterocycles. The van der Waals surface area contributed by atoms with Crippen LogP contribution in [0.5, 0.6) is 0 Å². The van der Waals surface area contributed by atoms with Gasteiger partial charge in [0.05, 0.1) is 5.92 Å². The fourth-order valence-corrected chi connectivity index (χ4v) is 6.67. The monoisotopic (exact) mass is 483 g/mol.